The van der Waals surface area contributed by atoms with Gasteiger partial charge in [-0.05, 0) is 83.5 Å². The summed E-state index contributed by atoms with van der Waals surface area (Å²) in [5.41, 5.74) is 0. The minimum absolute atomic E-state index is 0.101. The number of aliphatic hydroxyl groups is 5. The van der Waals surface area contributed by atoms with Gasteiger partial charge in [-0.15, -0.1) is 0 Å². The molecule has 1 rings (SSSR count). The first-order valence-electron chi connectivity index (χ1n) is 22.8. The van der Waals surface area contributed by atoms with Gasteiger partial charge in [-0.25, -0.2) is 4.57 Å². The van der Waals surface area contributed by atoms with Crippen LogP contribution in [0.1, 0.15) is 155 Å². The molecule has 6 unspecified atom stereocenters. The Kier molecular flexibility index (Phi) is 34.7. The van der Waals surface area contributed by atoms with Crippen LogP contribution in [0, 0.1) is 0 Å². The lowest BCUT2D eigenvalue weighted by Crippen LogP contribution is -2.64. The van der Waals surface area contributed by atoms with Crippen LogP contribution in [-0.2, 0) is 27.9 Å². The normalized spacial score (nSPS) is 23.0. The van der Waals surface area contributed by atoms with Crippen molar-refractivity contribution in [2.24, 2.45) is 0 Å². The highest BCUT2D eigenvalue weighted by atomic mass is 31.2. The molecular formula is C47H81O12P. The van der Waals surface area contributed by atoms with Gasteiger partial charge in [-0.3, -0.25) is 13.8 Å². The van der Waals surface area contributed by atoms with E-state index in [9.17, 15) is 39.8 Å². The van der Waals surface area contributed by atoms with Crippen LogP contribution in [0.25, 0.3) is 0 Å². The molecule has 0 aromatic carbocycles. The molecule has 1 fully saturated rings. The van der Waals surface area contributed by atoms with Gasteiger partial charge >= 0.3 is 13.8 Å². The Morgan fingerprint density at radius 3 is 1.50 bits per heavy atom. The van der Waals surface area contributed by atoms with Gasteiger partial charge in [-0.1, -0.05) is 138 Å². The lowest BCUT2D eigenvalue weighted by atomic mass is 9.85. The molecule has 1 saturated carbocycles. The van der Waals surface area contributed by atoms with Crippen LogP contribution >= 0.6 is 7.82 Å². The molecule has 0 aromatic rings. The number of hydrogen-bond donors (Lipinski definition) is 6. The largest absolute Gasteiger partial charge is 0.472 e. The lowest BCUT2D eigenvalue weighted by Gasteiger charge is -2.41. The fourth-order valence-corrected chi connectivity index (χ4v) is 7.41. The second kappa shape index (κ2) is 37.3. The standard InChI is InChI=1S/C47H81O12P/c1-3-5-7-9-11-13-15-17-19-20-21-22-23-24-26-28-30-32-34-36-41(48)58-40(38-56-37-35-33-31-29-27-25-18-16-14-12-10-8-6-4-2)39-57-60(54,55)59-47-45(52)43(50)42(49)44(51)46(47)53/h6,8,11-14,17-19,21-22,25,40,42-47,49-53H,3-5,7,9-10,15-16,20,23-24,26-39H2,1-2H3,(H,54,55)/b8-6-,13-11-,14-12-,19-17-,22-21-,25-18-. The first-order valence-corrected chi connectivity index (χ1v) is 24.3. The van der Waals surface area contributed by atoms with E-state index in [0.717, 1.165) is 103 Å². The van der Waals surface area contributed by atoms with Crippen molar-refractivity contribution in [2.75, 3.05) is 19.8 Å². The van der Waals surface area contributed by atoms with Crippen molar-refractivity contribution in [1.82, 2.24) is 0 Å². The van der Waals surface area contributed by atoms with E-state index >= 15 is 0 Å². The van der Waals surface area contributed by atoms with Gasteiger partial charge in [0.2, 0.25) is 0 Å². The summed E-state index contributed by atoms with van der Waals surface area (Å²) in [5.74, 6) is -0.502. The number of aliphatic hydroxyl groups excluding tert-OH is 5. The van der Waals surface area contributed by atoms with Crippen LogP contribution < -0.4 is 0 Å². The quantitative estimate of drug-likeness (QED) is 0.0150. The molecule has 0 heterocycles. The van der Waals surface area contributed by atoms with Gasteiger partial charge in [0, 0.05) is 13.0 Å². The Morgan fingerprint density at radius 2 is 0.983 bits per heavy atom. The highest BCUT2D eigenvalue weighted by Crippen LogP contribution is 2.47. The molecular weight excluding hydrogens is 787 g/mol. The molecule has 0 aromatic heterocycles. The third-order valence-electron chi connectivity index (χ3n) is 10.1. The van der Waals surface area contributed by atoms with E-state index in [1.54, 1.807) is 0 Å². The SMILES string of the molecule is CC/C=C\C/C=C\C/C=C\CCCCCCOCC(COP(=O)(O)OC1C(O)C(O)C(O)C(O)C1O)OC(=O)CCCCCCCC/C=C\C/C=C\C/C=C\CCCCC. The number of esters is 1. The maximum absolute atomic E-state index is 12.8. The van der Waals surface area contributed by atoms with Crippen molar-refractivity contribution in [3.05, 3.63) is 72.9 Å². The summed E-state index contributed by atoms with van der Waals surface area (Å²) in [6.07, 6.45) is 35.4. The van der Waals surface area contributed by atoms with Gasteiger partial charge in [0.1, 0.15) is 42.7 Å². The number of rotatable bonds is 37. The molecule has 1 aliphatic rings. The molecule has 346 valence electrons. The molecule has 1 aliphatic carbocycles. The summed E-state index contributed by atoms with van der Waals surface area (Å²) in [6.45, 7) is 4.04. The number of unbranched alkanes of at least 4 members (excludes halogenated alkanes) is 13. The van der Waals surface area contributed by atoms with Crippen molar-refractivity contribution >= 4 is 13.8 Å². The zero-order valence-electron chi connectivity index (χ0n) is 36.7. The fraction of sp³-hybridized carbons (Fsp3) is 0.723. The number of phosphoric ester groups is 1. The Morgan fingerprint density at radius 1 is 0.550 bits per heavy atom. The number of hydrogen-bond acceptors (Lipinski definition) is 11. The molecule has 0 aliphatic heterocycles. The Hall–Kier alpha value is -2.22. The number of carbonyl (C=O) groups excluding carboxylic acids is 1. The van der Waals surface area contributed by atoms with E-state index in [1.807, 2.05) is 0 Å². The second-order valence-corrected chi connectivity index (χ2v) is 16.9. The first-order chi connectivity index (χ1) is 29.0. The van der Waals surface area contributed by atoms with Gasteiger partial charge in [0.05, 0.1) is 13.2 Å². The summed E-state index contributed by atoms with van der Waals surface area (Å²) >= 11 is 0. The average molecular weight is 869 g/mol. The Labute approximate surface area is 361 Å². The van der Waals surface area contributed by atoms with E-state index in [0.29, 0.717) is 13.0 Å². The van der Waals surface area contributed by atoms with E-state index < -0.39 is 63.1 Å². The second-order valence-electron chi connectivity index (χ2n) is 15.5. The highest BCUT2D eigenvalue weighted by molar-refractivity contribution is 7.47. The topological polar surface area (TPSA) is 192 Å². The van der Waals surface area contributed by atoms with Crippen LogP contribution in [0.15, 0.2) is 72.9 Å². The molecule has 0 radical (unpaired) electrons. The maximum atomic E-state index is 12.8. The van der Waals surface area contributed by atoms with Gasteiger partial charge in [0.25, 0.3) is 0 Å². The van der Waals surface area contributed by atoms with Crippen LogP contribution in [-0.4, -0.2) is 98.9 Å². The molecule has 0 amide bonds. The average Bonchev–Trinajstić information content (AvgIpc) is 3.23. The molecule has 12 nitrogen and oxygen atoms in total. The van der Waals surface area contributed by atoms with Crippen LogP contribution in [0.2, 0.25) is 0 Å². The highest BCUT2D eigenvalue weighted by Gasteiger charge is 2.51. The number of allylic oxidation sites excluding steroid dienone is 12. The summed E-state index contributed by atoms with van der Waals surface area (Å²) in [4.78, 5) is 23.1. The first kappa shape index (κ1) is 55.8. The molecule has 13 heteroatoms. The number of phosphoric acid groups is 1. The lowest BCUT2D eigenvalue weighted by molar-refractivity contribution is -0.220. The molecule has 0 spiro atoms. The van der Waals surface area contributed by atoms with Crippen molar-refractivity contribution < 1.29 is 58.3 Å². The van der Waals surface area contributed by atoms with E-state index in [2.05, 4.69) is 86.8 Å². The van der Waals surface area contributed by atoms with E-state index in [4.69, 9.17) is 18.5 Å². The summed E-state index contributed by atoms with van der Waals surface area (Å²) < 4.78 is 34.1. The maximum Gasteiger partial charge on any atom is 0.472 e. The predicted molar refractivity (Wildman–Crippen MR) is 239 cm³/mol. The number of carbonyl (C=O) groups is 1. The van der Waals surface area contributed by atoms with Gasteiger partial charge in [-0.2, -0.15) is 0 Å². The van der Waals surface area contributed by atoms with E-state index in [1.165, 1.54) is 25.7 Å². The van der Waals surface area contributed by atoms with Gasteiger partial charge < -0.3 is 39.9 Å². The Balaban J connectivity index is 2.43. The van der Waals surface area contributed by atoms with Crippen LogP contribution in [0.4, 0.5) is 0 Å². The molecule has 6 N–H and O–H groups in total. The van der Waals surface area contributed by atoms with Crippen molar-refractivity contribution in [3.63, 3.8) is 0 Å². The van der Waals surface area contributed by atoms with Gasteiger partial charge in [0.15, 0.2) is 0 Å². The van der Waals surface area contributed by atoms with E-state index in [-0.39, 0.29) is 13.0 Å². The fourth-order valence-electron chi connectivity index (χ4n) is 6.43. The zero-order valence-corrected chi connectivity index (χ0v) is 37.6. The van der Waals surface area contributed by atoms with Crippen LogP contribution in [0.5, 0.6) is 0 Å². The Bertz CT molecular complexity index is 1260. The predicted octanol–water partition coefficient (Wildman–Crippen LogP) is 9.19. The number of ether oxygens (including phenoxy) is 2. The molecule has 60 heavy (non-hydrogen) atoms. The van der Waals surface area contributed by atoms with Crippen molar-refractivity contribution in [3.8, 4) is 0 Å². The van der Waals surface area contributed by atoms with Crippen LogP contribution in [0.3, 0.4) is 0 Å². The minimum atomic E-state index is -5.03. The molecule has 0 bridgehead atoms. The summed E-state index contributed by atoms with van der Waals surface area (Å²) in [5, 5.41) is 50.2. The zero-order chi connectivity index (χ0) is 44.1. The van der Waals surface area contributed by atoms with Crippen molar-refractivity contribution in [1.29, 1.82) is 0 Å². The monoisotopic (exact) mass is 869 g/mol. The smallest absolute Gasteiger partial charge is 0.457 e. The summed E-state index contributed by atoms with van der Waals surface area (Å²) in [6, 6.07) is 0. The minimum Gasteiger partial charge on any atom is -0.457 e. The third-order valence-corrected chi connectivity index (χ3v) is 11.0. The van der Waals surface area contributed by atoms with Crippen molar-refractivity contribution in [2.45, 2.75) is 198 Å². The summed E-state index contributed by atoms with van der Waals surface area (Å²) in [7, 11) is -5.03. The third kappa shape index (κ3) is 29.1. The molecule has 6 atom stereocenters. The molecule has 0 saturated heterocycles.